The minimum absolute atomic E-state index is 0.0200. The first kappa shape index (κ1) is 20.7. The Labute approximate surface area is 167 Å². The smallest absolute Gasteiger partial charge is 0.257 e. The van der Waals surface area contributed by atoms with E-state index in [9.17, 15) is 14.7 Å². The van der Waals surface area contributed by atoms with Gasteiger partial charge in [0.05, 0.1) is 12.1 Å². The number of hydrogen-bond acceptors (Lipinski definition) is 5. The normalized spacial score (nSPS) is 11.4. The highest BCUT2D eigenvalue weighted by Crippen LogP contribution is 2.20. The quantitative estimate of drug-likeness (QED) is 0.718. The predicted molar refractivity (Wildman–Crippen MR) is 106 cm³/mol. The molecule has 2 aromatic rings. The van der Waals surface area contributed by atoms with Crippen molar-refractivity contribution in [3.8, 4) is 5.75 Å². The molecule has 0 spiro atoms. The first-order valence-electron chi connectivity index (χ1n) is 8.20. The third-order valence-corrected chi connectivity index (χ3v) is 4.23. The third-order valence-electron chi connectivity index (χ3n) is 3.70. The van der Waals surface area contributed by atoms with E-state index in [-0.39, 0.29) is 21.8 Å². The van der Waals surface area contributed by atoms with Gasteiger partial charge in [-0.25, -0.2) is 0 Å². The van der Waals surface area contributed by atoms with E-state index in [2.05, 4.69) is 10.6 Å². The second-order valence-electron chi connectivity index (χ2n) is 5.75. The number of aromatic carboxylic acids is 1. The van der Waals surface area contributed by atoms with Crippen LogP contribution in [0, 0.1) is 0 Å². The molecule has 0 heterocycles. The Morgan fingerprint density at radius 2 is 1.89 bits per heavy atom. The van der Waals surface area contributed by atoms with Gasteiger partial charge in [-0.2, -0.15) is 0 Å². The van der Waals surface area contributed by atoms with Gasteiger partial charge in [-0.05, 0) is 68.0 Å². The minimum Gasteiger partial charge on any atom is -0.545 e. The second-order valence-corrected chi connectivity index (χ2v) is 6.57. The molecule has 0 aromatic heterocycles. The summed E-state index contributed by atoms with van der Waals surface area (Å²) in [6.07, 6.45) is 0.971. The second kappa shape index (κ2) is 9.34. The highest BCUT2D eigenvalue weighted by molar-refractivity contribution is 7.80. The minimum atomic E-state index is -1.40. The molecule has 6 nitrogen and oxygen atoms in total. The SMILES string of the molecule is CC[C@@H](C)Oc1ccc(C(=O)NC(=S)Nc2ccc(Cl)c(C(=O)[O-])c2)cc1. The summed E-state index contributed by atoms with van der Waals surface area (Å²) in [5, 5.41) is 16.3. The molecule has 2 rings (SSSR count). The van der Waals surface area contributed by atoms with Crippen LogP contribution in [-0.2, 0) is 0 Å². The molecular weight excluding hydrogens is 388 g/mol. The summed E-state index contributed by atoms with van der Waals surface area (Å²) in [7, 11) is 0. The largest absolute Gasteiger partial charge is 0.545 e. The molecule has 2 aromatic carbocycles. The maximum absolute atomic E-state index is 12.3. The average Bonchev–Trinajstić information content (AvgIpc) is 2.63. The number of nitrogens with one attached hydrogen (secondary N) is 2. The van der Waals surface area contributed by atoms with E-state index in [4.69, 9.17) is 28.6 Å². The lowest BCUT2D eigenvalue weighted by Gasteiger charge is -2.13. The molecule has 0 fully saturated rings. The Bertz CT molecular complexity index is 855. The van der Waals surface area contributed by atoms with Crippen LogP contribution >= 0.6 is 23.8 Å². The van der Waals surface area contributed by atoms with Crippen LogP contribution in [0.2, 0.25) is 5.02 Å². The van der Waals surface area contributed by atoms with E-state index in [0.717, 1.165) is 6.42 Å². The zero-order chi connectivity index (χ0) is 20.0. The van der Waals surface area contributed by atoms with Gasteiger partial charge < -0.3 is 20.0 Å². The lowest BCUT2D eigenvalue weighted by molar-refractivity contribution is -0.255. The van der Waals surface area contributed by atoms with Crippen LogP contribution in [0.1, 0.15) is 41.0 Å². The summed E-state index contributed by atoms with van der Waals surface area (Å²) in [4.78, 5) is 23.3. The fourth-order valence-electron chi connectivity index (χ4n) is 2.10. The van der Waals surface area contributed by atoms with Gasteiger partial charge in [0.2, 0.25) is 0 Å². The van der Waals surface area contributed by atoms with Crippen LogP contribution in [0.15, 0.2) is 42.5 Å². The standard InChI is InChI=1S/C19H19ClN2O4S/c1-3-11(2)26-14-7-4-12(5-8-14)17(23)22-19(27)21-13-6-9-16(20)15(10-13)18(24)25/h4-11H,3H2,1-2H3,(H,24,25)(H2,21,22,23,27)/p-1/t11-/m1/s1. The van der Waals surface area contributed by atoms with Crippen molar-refractivity contribution in [2.24, 2.45) is 0 Å². The van der Waals surface area contributed by atoms with Crippen LogP contribution < -0.4 is 20.5 Å². The summed E-state index contributed by atoms with van der Waals surface area (Å²) in [5.74, 6) is -1.13. The number of carbonyl (C=O) groups is 2. The van der Waals surface area contributed by atoms with Crippen molar-refractivity contribution in [1.82, 2.24) is 5.32 Å². The first-order chi connectivity index (χ1) is 12.8. The van der Waals surface area contributed by atoms with Crippen molar-refractivity contribution in [2.75, 3.05) is 5.32 Å². The van der Waals surface area contributed by atoms with E-state index in [1.807, 2.05) is 13.8 Å². The highest BCUT2D eigenvalue weighted by Gasteiger charge is 2.10. The van der Waals surface area contributed by atoms with Crippen molar-refractivity contribution < 1.29 is 19.4 Å². The van der Waals surface area contributed by atoms with Crippen molar-refractivity contribution in [3.05, 3.63) is 58.6 Å². The lowest BCUT2D eigenvalue weighted by Crippen LogP contribution is -2.34. The Hall–Kier alpha value is -2.64. The molecule has 0 saturated heterocycles. The molecule has 0 unspecified atom stereocenters. The molecule has 8 heteroatoms. The summed E-state index contributed by atoms with van der Waals surface area (Å²) in [6, 6.07) is 10.9. The zero-order valence-corrected chi connectivity index (χ0v) is 16.3. The topological polar surface area (TPSA) is 90.5 Å². The van der Waals surface area contributed by atoms with Gasteiger partial charge in [-0.15, -0.1) is 0 Å². The van der Waals surface area contributed by atoms with Gasteiger partial charge in [-0.3, -0.25) is 10.1 Å². The van der Waals surface area contributed by atoms with Crippen molar-refractivity contribution in [2.45, 2.75) is 26.4 Å². The fraction of sp³-hybridized carbons (Fsp3) is 0.211. The van der Waals surface area contributed by atoms with Gasteiger partial charge in [0.25, 0.3) is 5.91 Å². The molecular formula is C19H18ClN2O4S-. The molecule has 1 atom stereocenters. The number of carboxylic acids is 1. The number of anilines is 1. The van der Waals surface area contributed by atoms with Gasteiger partial charge >= 0.3 is 0 Å². The third kappa shape index (κ3) is 5.94. The molecule has 0 aliphatic rings. The fourth-order valence-corrected chi connectivity index (χ4v) is 2.50. The Kier molecular flexibility index (Phi) is 7.15. The van der Waals surface area contributed by atoms with Crippen LogP contribution in [0.25, 0.3) is 0 Å². The monoisotopic (exact) mass is 405 g/mol. The number of carboxylic acid groups (broad SMARTS) is 1. The van der Waals surface area contributed by atoms with Crippen molar-refractivity contribution in [3.63, 3.8) is 0 Å². The number of amides is 1. The van der Waals surface area contributed by atoms with Gasteiger partial charge in [0, 0.05) is 21.8 Å². The van der Waals surface area contributed by atoms with Crippen LogP contribution in [-0.4, -0.2) is 23.1 Å². The molecule has 0 radical (unpaired) electrons. The first-order valence-corrected chi connectivity index (χ1v) is 8.98. The van der Waals surface area contributed by atoms with E-state index in [0.29, 0.717) is 17.0 Å². The summed E-state index contributed by atoms with van der Waals surface area (Å²) in [6.45, 7) is 3.99. The molecule has 0 aliphatic carbocycles. The molecule has 1 amide bonds. The summed E-state index contributed by atoms with van der Waals surface area (Å²) in [5.41, 5.74) is 0.594. The molecule has 0 aliphatic heterocycles. The number of ether oxygens (including phenoxy) is 1. The molecule has 0 saturated carbocycles. The number of rotatable bonds is 6. The molecule has 27 heavy (non-hydrogen) atoms. The lowest BCUT2D eigenvalue weighted by atomic mass is 10.2. The number of halogens is 1. The molecule has 0 bridgehead atoms. The average molecular weight is 406 g/mol. The predicted octanol–water partition coefficient (Wildman–Crippen LogP) is 3.01. The van der Waals surface area contributed by atoms with Gasteiger partial charge in [0.1, 0.15) is 5.75 Å². The molecule has 2 N–H and O–H groups in total. The number of hydrogen-bond donors (Lipinski definition) is 2. The van der Waals surface area contributed by atoms with Gasteiger partial charge in [0.15, 0.2) is 5.11 Å². The summed E-state index contributed by atoms with van der Waals surface area (Å²) >= 11 is 10.9. The Morgan fingerprint density at radius 3 is 2.48 bits per heavy atom. The number of carbonyl (C=O) groups excluding carboxylic acids is 2. The molecule has 142 valence electrons. The van der Waals surface area contributed by atoms with Gasteiger partial charge in [-0.1, -0.05) is 18.5 Å². The number of benzene rings is 2. The maximum atomic E-state index is 12.3. The summed E-state index contributed by atoms with van der Waals surface area (Å²) < 4.78 is 5.66. The van der Waals surface area contributed by atoms with E-state index < -0.39 is 11.9 Å². The van der Waals surface area contributed by atoms with Crippen LogP contribution in [0.5, 0.6) is 5.75 Å². The Balaban J connectivity index is 1.98. The van der Waals surface area contributed by atoms with E-state index >= 15 is 0 Å². The number of thiocarbonyl (C=S) groups is 1. The van der Waals surface area contributed by atoms with Crippen LogP contribution in [0.3, 0.4) is 0 Å². The van der Waals surface area contributed by atoms with Crippen molar-refractivity contribution >= 4 is 46.5 Å². The maximum Gasteiger partial charge on any atom is 0.257 e. The Morgan fingerprint density at radius 1 is 1.22 bits per heavy atom. The van der Waals surface area contributed by atoms with E-state index in [1.54, 1.807) is 24.3 Å². The van der Waals surface area contributed by atoms with Crippen molar-refractivity contribution in [1.29, 1.82) is 0 Å². The van der Waals surface area contributed by atoms with Crippen LogP contribution in [0.4, 0.5) is 5.69 Å². The van der Waals surface area contributed by atoms with E-state index in [1.165, 1.54) is 18.2 Å². The highest BCUT2D eigenvalue weighted by atomic mass is 35.5. The zero-order valence-electron chi connectivity index (χ0n) is 14.7.